The Morgan fingerprint density at radius 1 is 1.00 bits per heavy atom. The number of aromatic nitrogens is 2. The Morgan fingerprint density at radius 2 is 1.74 bits per heavy atom. The highest BCUT2D eigenvalue weighted by atomic mass is 16.5. The van der Waals surface area contributed by atoms with Gasteiger partial charge in [0.15, 0.2) is 17.3 Å². The van der Waals surface area contributed by atoms with E-state index in [-0.39, 0.29) is 11.7 Å². The van der Waals surface area contributed by atoms with Gasteiger partial charge in [-0.3, -0.25) is 4.79 Å². The maximum Gasteiger partial charge on any atom is 0.166 e. The monoisotopic (exact) mass is 362 g/mol. The Kier molecular flexibility index (Phi) is 4.44. The molecular formula is C22H22N2O3. The lowest BCUT2D eigenvalue weighted by molar-refractivity contribution is 0.0963. The molecule has 0 fully saturated rings. The summed E-state index contributed by atoms with van der Waals surface area (Å²) >= 11 is 0. The van der Waals surface area contributed by atoms with Crippen molar-refractivity contribution in [3.63, 3.8) is 0 Å². The number of hydrogen-bond acceptors (Lipinski definition) is 4. The number of ether oxygens (including phenoxy) is 2. The molecule has 138 valence electrons. The number of benzene rings is 2. The molecule has 1 aromatic heterocycles. The van der Waals surface area contributed by atoms with Gasteiger partial charge in [0.1, 0.15) is 0 Å². The molecule has 1 heterocycles. The minimum atomic E-state index is 0.0886. The smallest absolute Gasteiger partial charge is 0.166 e. The van der Waals surface area contributed by atoms with Gasteiger partial charge in [-0.2, -0.15) is 5.10 Å². The minimum absolute atomic E-state index is 0.0886. The molecule has 5 heteroatoms. The van der Waals surface area contributed by atoms with Crippen molar-refractivity contribution < 1.29 is 14.3 Å². The standard InChI is InChI=1S/C22H22N2O3/c1-14-4-7-17(8-5-14)24-19-10-16(11-20(25)18(19)13-23-24)15-6-9-21(26-2)22(12-15)27-3/h4-9,12-13,16H,10-11H2,1-3H3/t16-/m0/s1. The zero-order chi connectivity index (χ0) is 19.0. The van der Waals surface area contributed by atoms with Crippen LogP contribution in [-0.2, 0) is 6.42 Å². The van der Waals surface area contributed by atoms with Crippen LogP contribution in [0.2, 0.25) is 0 Å². The van der Waals surface area contributed by atoms with Crippen molar-refractivity contribution in [2.24, 2.45) is 0 Å². The molecule has 4 rings (SSSR count). The topological polar surface area (TPSA) is 53.3 Å². The average Bonchev–Trinajstić information content (AvgIpc) is 3.12. The SMILES string of the molecule is COc1ccc([C@@H]2CC(=O)c3cnn(-c4ccc(C)cc4)c3C2)cc1OC. The van der Waals surface area contributed by atoms with E-state index in [0.717, 1.165) is 28.9 Å². The highest BCUT2D eigenvalue weighted by Crippen LogP contribution is 2.37. The fourth-order valence-electron chi connectivity index (χ4n) is 3.69. The molecule has 0 amide bonds. The number of nitrogens with zero attached hydrogens (tertiary/aromatic N) is 2. The van der Waals surface area contributed by atoms with Crippen LogP contribution in [0, 0.1) is 6.92 Å². The van der Waals surface area contributed by atoms with E-state index >= 15 is 0 Å². The first-order chi connectivity index (χ1) is 13.1. The van der Waals surface area contributed by atoms with Crippen LogP contribution in [-0.4, -0.2) is 29.8 Å². The van der Waals surface area contributed by atoms with Crippen LogP contribution in [0.1, 0.15) is 39.5 Å². The van der Waals surface area contributed by atoms with Gasteiger partial charge in [0.05, 0.1) is 37.4 Å². The summed E-state index contributed by atoms with van der Waals surface area (Å²) in [4.78, 5) is 12.7. The highest BCUT2D eigenvalue weighted by molar-refractivity contribution is 5.98. The van der Waals surface area contributed by atoms with Gasteiger partial charge < -0.3 is 9.47 Å². The fraction of sp³-hybridized carbons (Fsp3) is 0.273. The number of ketones is 1. The maximum atomic E-state index is 12.7. The normalized spacial score (nSPS) is 16.1. The third-order valence-corrected chi connectivity index (χ3v) is 5.20. The van der Waals surface area contributed by atoms with E-state index in [1.807, 2.05) is 35.0 Å². The summed E-state index contributed by atoms with van der Waals surface area (Å²) in [5, 5.41) is 4.49. The Labute approximate surface area is 158 Å². The van der Waals surface area contributed by atoms with Crippen molar-refractivity contribution >= 4 is 5.78 Å². The lowest BCUT2D eigenvalue weighted by Crippen LogP contribution is -2.20. The second-order valence-electron chi connectivity index (χ2n) is 6.90. The molecule has 0 saturated carbocycles. The van der Waals surface area contributed by atoms with Gasteiger partial charge in [-0.15, -0.1) is 0 Å². The van der Waals surface area contributed by atoms with Crippen LogP contribution in [0.25, 0.3) is 5.69 Å². The fourth-order valence-corrected chi connectivity index (χ4v) is 3.69. The number of aryl methyl sites for hydroxylation is 1. The van der Waals surface area contributed by atoms with E-state index < -0.39 is 0 Å². The van der Waals surface area contributed by atoms with Crippen LogP contribution in [0.3, 0.4) is 0 Å². The molecular weight excluding hydrogens is 340 g/mol. The third-order valence-electron chi connectivity index (χ3n) is 5.20. The van der Waals surface area contributed by atoms with E-state index in [9.17, 15) is 4.79 Å². The second-order valence-corrected chi connectivity index (χ2v) is 6.90. The molecule has 1 aliphatic rings. The summed E-state index contributed by atoms with van der Waals surface area (Å²) < 4.78 is 12.6. The zero-order valence-electron chi connectivity index (χ0n) is 15.7. The van der Waals surface area contributed by atoms with Crippen molar-refractivity contribution in [2.75, 3.05) is 14.2 Å². The van der Waals surface area contributed by atoms with Gasteiger partial charge in [0.25, 0.3) is 0 Å². The predicted octanol–water partition coefficient (Wildman–Crippen LogP) is 4.11. The molecule has 1 atom stereocenters. The first-order valence-corrected chi connectivity index (χ1v) is 8.99. The quantitative estimate of drug-likeness (QED) is 0.701. The number of carbonyl (C=O) groups excluding carboxylic acids is 1. The van der Waals surface area contributed by atoms with Gasteiger partial charge in [0, 0.05) is 6.42 Å². The van der Waals surface area contributed by atoms with Crippen LogP contribution >= 0.6 is 0 Å². The summed E-state index contributed by atoms with van der Waals surface area (Å²) in [6, 6.07) is 14.1. The Bertz CT molecular complexity index is 989. The van der Waals surface area contributed by atoms with Crippen molar-refractivity contribution in [2.45, 2.75) is 25.7 Å². The van der Waals surface area contributed by atoms with E-state index in [1.165, 1.54) is 5.56 Å². The summed E-state index contributed by atoms with van der Waals surface area (Å²) in [6.45, 7) is 2.05. The molecule has 0 N–H and O–H groups in total. The first-order valence-electron chi connectivity index (χ1n) is 8.99. The summed E-state index contributed by atoms with van der Waals surface area (Å²) in [7, 11) is 3.24. The molecule has 0 unspecified atom stereocenters. The maximum absolute atomic E-state index is 12.7. The van der Waals surface area contributed by atoms with Crippen molar-refractivity contribution in [3.8, 4) is 17.2 Å². The van der Waals surface area contributed by atoms with Gasteiger partial charge in [-0.05, 0) is 49.1 Å². The average molecular weight is 362 g/mol. The number of hydrogen-bond donors (Lipinski definition) is 0. The number of fused-ring (bicyclic) bond motifs is 1. The summed E-state index contributed by atoms with van der Waals surface area (Å²) in [5.41, 5.74) is 4.94. The number of Topliss-reactive ketones (excluding diaryl/α,β-unsaturated/α-hetero) is 1. The predicted molar refractivity (Wildman–Crippen MR) is 103 cm³/mol. The molecule has 27 heavy (non-hydrogen) atoms. The van der Waals surface area contributed by atoms with Crippen LogP contribution < -0.4 is 9.47 Å². The Balaban J connectivity index is 1.71. The van der Waals surface area contributed by atoms with Crippen molar-refractivity contribution in [1.82, 2.24) is 9.78 Å². The zero-order valence-corrected chi connectivity index (χ0v) is 15.7. The van der Waals surface area contributed by atoms with Crippen molar-refractivity contribution in [3.05, 3.63) is 71.0 Å². The van der Waals surface area contributed by atoms with Crippen LogP contribution in [0.5, 0.6) is 11.5 Å². The molecule has 0 saturated heterocycles. The summed E-state index contributed by atoms with van der Waals surface area (Å²) in [6.07, 6.45) is 2.93. The van der Waals surface area contributed by atoms with Gasteiger partial charge in [-0.25, -0.2) is 4.68 Å². The lowest BCUT2D eigenvalue weighted by Gasteiger charge is -2.23. The Morgan fingerprint density at radius 3 is 2.44 bits per heavy atom. The van der Waals surface area contributed by atoms with Gasteiger partial charge >= 0.3 is 0 Å². The molecule has 3 aromatic rings. The number of methoxy groups -OCH3 is 2. The Hall–Kier alpha value is -3.08. The summed E-state index contributed by atoms with van der Waals surface area (Å²) in [5.74, 6) is 1.59. The minimum Gasteiger partial charge on any atom is -0.493 e. The van der Waals surface area contributed by atoms with Gasteiger partial charge in [0.2, 0.25) is 0 Å². The molecule has 1 aliphatic carbocycles. The molecule has 0 radical (unpaired) electrons. The number of rotatable bonds is 4. The highest BCUT2D eigenvalue weighted by Gasteiger charge is 2.30. The number of carbonyl (C=O) groups is 1. The molecule has 0 aliphatic heterocycles. The van der Waals surface area contributed by atoms with Crippen molar-refractivity contribution in [1.29, 1.82) is 0 Å². The van der Waals surface area contributed by atoms with E-state index in [4.69, 9.17) is 9.47 Å². The molecule has 5 nitrogen and oxygen atoms in total. The van der Waals surface area contributed by atoms with Gasteiger partial charge in [-0.1, -0.05) is 23.8 Å². The van der Waals surface area contributed by atoms with E-state index in [0.29, 0.717) is 17.9 Å². The first kappa shape index (κ1) is 17.3. The molecule has 2 aromatic carbocycles. The third kappa shape index (κ3) is 3.10. The van der Waals surface area contributed by atoms with Crippen LogP contribution in [0.15, 0.2) is 48.7 Å². The molecule has 0 spiro atoms. The second kappa shape index (κ2) is 6.91. The molecule has 0 bridgehead atoms. The van der Waals surface area contributed by atoms with E-state index in [2.05, 4.69) is 24.2 Å². The van der Waals surface area contributed by atoms with Crippen LogP contribution in [0.4, 0.5) is 0 Å². The largest absolute Gasteiger partial charge is 0.493 e. The lowest BCUT2D eigenvalue weighted by atomic mass is 9.82. The van der Waals surface area contributed by atoms with E-state index in [1.54, 1.807) is 20.4 Å².